The van der Waals surface area contributed by atoms with Crippen LogP contribution in [-0.4, -0.2) is 15.5 Å². The highest BCUT2D eigenvalue weighted by Gasteiger charge is 2.17. The van der Waals surface area contributed by atoms with Crippen LogP contribution in [0.15, 0.2) is 71.1 Å². The van der Waals surface area contributed by atoms with E-state index in [4.69, 9.17) is 0 Å². The van der Waals surface area contributed by atoms with Gasteiger partial charge in [0.2, 0.25) is 5.91 Å². The van der Waals surface area contributed by atoms with Crippen LogP contribution in [0.1, 0.15) is 30.5 Å². The van der Waals surface area contributed by atoms with Crippen LogP contribution in [-0.2, 0) is 11.3 Å². The van der Waals surface area contributed by atoms with Crippen LogP contribution in [0.5, 0.6) is 0 Å². The molecule has 30 heavy (non-hydrogen) atoms. The van der Waals surface area contributed by atoms with Gasteiger partial charge in [0.25, 0.3) is 5.56 Å². The van der Waals surface area contributed by atoms with Crippen molar-refractivity contribution in [2.24, 2.45) is 0 Å². The lowest BCUT2D eigenvalue weighted by atomic mass is 10.0. The van der Waals surface area contributed by atoms with Gasteiger partial charge in [0.15, 0.2) is 0 Å². The number of aryl methyl sites for hydroxylation is 1. The number of fused-ring (bicyclic) bond motifs is 1. The molecule has 2 aromatic carbocycles. The highest BCUT2D eigenvalue weighted by molar-refractivity contribution is 7.17. The molecule has 5 nitrogen and oxygen atoms in total. The van der Waals surface area contributed by atoms with Gasteiger partial charge in [-0.1, -0.05) is 67.1 Å². The zero-order valence-electron chi connectivity index (χ0n) is 17.0. The summed E-state index contributed by atoms with van der Waals surface area (Å²) in [7, 11) is 0. The van der Waals surface area contributed by atoms with Crippen LogP contribution >= 0.6 is 11.3 Å². The van der Waals surface area contributed by atoms with Crippen LogP contribution < -0.4 is 10.9 Å². The topological polar surface area (TPSA) is 64.0 Å². The fraction of sp³-hybridized carbons (Fsp3) is 0.208. The second-order valence-electron chi connectivity index (χ2n) is 7.31. The Morgan fingerprint density at radius 2 is 1.87 bits per heavy atom. The number of hydrogen-bond acceptors (Lipinski definition) is 4. The van der Waals surface area contributed by atoms with E-state index in [2.05, 4.69) is 10.3 Å². The fourth-order valence-electron chi connectivity index (χ4n) is 3.52. The smallest absolute Gasteiger partial charge is 0.263 e. The number of nitrogens with one attached hydrogen (secondary N) is 1. The lowest BCUT2D eigenvalue weighted by molar-refractivity contribution is -0.122. The molecule has 2 heterocycles. The van der Waals surface area contributed by atoms with Gasteiger partial charge in [-0.15, -0.1) is 11.3 Å². The normalized spacial score (nSPS) is 12.1. The molecule has 0 radical (unpaired) electrons. The maximum atomic E-state index is 13.1. The molecule has 6 heteroatoms. The molecule has 152 valence electrons. The van der Waals surface area contributed by atoms with Crippen LogP contribution in [0.2, 0.25) is 0 Å². The van der Waals surface area contributed by atoms with E-state index in [9.17, 15) is 9.59 Å². The van der Waals surface area contributed by atoms with E-state index >= 15 is 0 Å². The Balaban J connectivity index is 1.59. The lowest BCUT2D eigenvalue weighted by Gasteiger charge is -2.18. The third-order valence-electron chi connectivity index (χ3n) is 5.18. The van der Waals surface area contributed by atoms with E-state index in [1.54, 1.807) is 0 Å². The number of hydrogen-bond donors (Lipinski definition) is 1. The molecular formula is C24H23N3O2S. The third-order valence-corrected chi connectivity index (χ3v) is 6.07. The Morgan fingerprint density at radius 1 is 1.13 bits per heavy atom. The number of amides is 1. The SMILES string of the molecule is CC[C@@H](NC(=O)Cn1cnc2scc(-c3ccccc3)c2c1=O)c1ccc(C)cc1. The molecule has 1 atom stereocenters. The summed E-state index contributed by atoms with van der Waals surface area (Å²) >= 11 is 1.44. The summed E-state index contributed by atoms with van der Waals surface area (Å²) in [6.07, 6.45) is 2.23. The van der Waals surface area contributed by atoms with Crippen molar-refractivity contribution >= 4 is 27.5 Å². The average molecular weight is 418 g/mol. The number of carbonyl (C=O) groups is 1. The molecular weight excluding hydrogens is 394 g/mol. The van der Waals surface area contributed by atoms with Crippen LogP contribution in [0.3, 0.4) is 0 Å². The molecule has 4 aromatic rings. The second-order valence-corrected chi connectivity index (χ2v) is 8.17. The van der Waals surface area contributed by atoms with Gasteiger partial charge in [-0.2, -0.15) is 0 Å². The molecule has 1 amide bonds. The molecule has 1 N–H and O–H groups in total. The number of benzene rings is 2. The predicted octanol–water partition coefficient (Wildman–Crippen LogP) is 4.70. The lowest BCUT2D eigenvalue weighted by Crippen LogP contribution is -2.34. The maximum absolute atomic E-state index is 13.1. The number of nitrogens with zero attached hydrogens (tertiary/aromatic N) is 2. The first-order chi connectivity index (χ1) is 14.6. The molecule has 2 aromatic heterocycles. The Kier molecular flexibility index (Phi) is 5.77. The standard InChI is InChI=1S/C24H23N3O2S/c1-3-20(18-11-9-16(2)10-12-18)26-21(28)13-27-15-25-23-22(24(27)29)19(14-30-23)17-7-5-4-6-8-17/h4-12,14-15,20H,3,13H2,1-2H3,(H,26,28)/t20-/m1/s1. The van der Waals surface area contributed by atoms with Crippen LogP contribution in [0.25, 0.3) is 21.3 Å². The van der Waals surface area contributed by atoms with Gasteiger partial charge in [-0.3, -0.25) is 14.2 Å². The van der Waals surface area contributed by atoms with Crippen molar-refractivity contribution in [1.82, 2.24) is 14.9 Å². The van der Waals surface area contributed by atoms with Crippen LogP contribution in [0.4, 0.5) is 0 Å². The molecule has 0 saturated heterocycles. The third kappa shape index (κ3) is 4.04. The van der Waals surface area contributed by atoms with Gasteiger partial charge < -0.3 is 5.32 Å². The monoisotopic (exact) mass is 417 g/mol. The molecule has 0 bridgehead atoms. The molecule has 0 fully saturated rings. The minimum absolute atomic E-state index is 0.0613. The maximum Gasteiger partial charge on any atom is 0.263 e. The number of aromatic nitrogens is 2. The van der Waals surface area contributed by atoms with Crippen molar-refractivity contribution in [3.05, 3.63) is 87.8 Å². The number of thiophene rings is 1. The minimum Gasteiger partial charge on any atom is -0.348 e. The van der Waals surface area contributed by atoms with E-state index in [1.807, 2.05) is 73.8 Å². The Bertz CT molecular complexity index is 1230. The predicted molar refractivity (Wildman–Crippen MR) is 122 cm³/mol. The van der Waals surface area contributed by atoms with E-state index in [0.717, 1.165) is 23.1 Å². The van der Waals surface area contributed by atoms with Crippen molar-refractivity contribution < 1.29 is 4.79 Å². The molecule has 0 aliphatic heterocycles. The summed E-state index contributed by atoms with van der Waals surface area (Å²) in [5.74, 6) is -0.206. The summed E-state index contributed by atoms with van der Waals surface area (Å²) in [4.78, 5) is 30.9. The van der Waals surface area contributed by atoms with Crippen molar-refractivity contribution in [1.29, 1.82) is 0 Å². The van der Waals surface area contributed by atoms with E-state index in [1.165, 1.54) is 27.8 Å². The fourth-order valence-corrected chi connectivity index (χ4v) is 4.43. The van der Waals surface area contributed by atoms with Crippen molar-refractivity contribution in [2.45, 2.75) is 32.9 Å². The molecule has 0 aliphatic rings. The molecule has 0 saturated carbocycles. The molecule has 0 spiro atoms. The Labute approximate surface area is 179 Å². The van der Waals surface area contributed by atoms with Gasteiger partial charge in [0.1, 0.15) is 11.4 Å². The van der Waals surface area contributed by atoms with Crippen molar-refractivity contribution in [3.63, 3.8) is 0 Å². The Morgan fingerprint density at radius 3 is 2.57 bits per heavy atom. The van der Waals surface area contributed by atoms with Gasteiger partial charge in [-0.25, -0.2) is 4.98 Å². The van der Waals surface area contributed by atoms with Crippen molar-refractivity contribution in [3.8, 4) is 11.1 Å². The summed E-state index contributed by atoms with van der Waals surface area (Å²) in [5, 5.41) is 5.55. The van der Waals surface area contributed by atoms with E-state index < -0.39 is 0 Å². The average Bonchev–Trinajstić information content (AvgIpc) is 3.20. The zero-order valence-corrected chi connectivity index (χ0v) is 17.8. The summed E-state index contributed by atoms with van der Waals surface area (Å²) in [6, 6.07) is 17.8. The van der Waals surface area contributed by atoms with E-state index in [0.29, 0.717) is 10.2 Å². The highest BCUT2D eigenvalue weighted by Crippen LogP contribution is 2.30. The first-order valence-electron chi connectivity index (χ1n) is 9.94. The first kappa shape index (κ1) is 20.0. The van der Waals surface area contributed by atoms with Gasteiger partial charge in [0, 0.05) is 10.9 Å². The molecule has 4 rings (SSSR count). The molecule has 0 aliphatic carbocycles. The minimum atomic E-state index is -0.206. The largest absolute Gasteiger partial charge is 0.348 e. The van der Waals surface area contributed by atoms with Crippen LogP contribution in [0, 0.1) is 6.92 Å². The van der Waals surface area contributed by atoms with Gasteiger partial charge in [-0.05, 0) is 24.5 Å². The summed E-state index contributed by atoms with van der Waals surface area (Å²) in [5.41, 5.74) is 3.86. The highest BCUT2D eigenvalue weighted by atomic mass is 32.1. The number of rotatable bonds is 6. The van der Waals surface area contributed by atoms with Gasteiger partial charge >= 0.3 is 0 Å². The summed E-state index contributed by atoms with van der Waals surface area (Å²) < 4.78 is 1.39. The quantitative estimate of drug-likeness (QED) is 0.495. The summed E-state index contributed by atoms with van der Waals surface area (Å²) in [6.45, 7) is 4.00. The first-order valence-corrected chi connectivity index (χ1v) is 10.8. The molecule has 0 unspecified atom stereocenters. The van der Waals surface area contributed by atoms with E-state index in [-0.39, 0.29) is 24.1 Å². The van der Waals surface area contributed by atoms with Gasteiger partial charge in [0.05, 0.1) is 17.8 Å². The Hall–Kier alpha value is -3.25. The zero-order chi connectivity index (χ0) is 21.1. The number of carbonyl (C=O) groups excluding carboxylic acids is 1. The second kappa shape index (κ2) is 8.63. The van der Waals surface area contributed by atoms with Crippen molar-refractivity contribution in [2.75, 3.05) is 0 Å².